The number of rotatable bonds is 2. The molecular formula is C62H124O2. The van der Waals surface area contributed by atoms with Gasteiger partial charge in [0.25, 0.3) is 0 Å². The molecular weight excluding hydrogens is 777 g/mol. The predicted octanol–water partition coefficient (Wildman–Crippen LogP) is 22.0. The van der Waals surface area contributed by atoms with Gasteiger partial charge < -0.3 is 10.2 Å². The van der Waals surface area contributed by atoms with Crippen molar-refractivity contribution in [3.8, 4) is 0 Å². The first-order valence-electron chi connectivity index (χ1n) is 31.0. The first-order valence-corrected chi connectivity index (χ1v) is 31.0. The lowest BCUT2D eigenvalue weighted by Gasteiger charge is -2.30. The van der Waals surface area contributed by atoms with Crippen LogP contribution in [-0.4, -0.2) is 23.4 Å². The van der Waals surface area contributed by atoms with Gasteiger partial charge in [-0.3, -0.25) is 0 Å². The van der Waals surface area contributed by atoms with Crippen molar-refractivity contribution in [2.24, 2.45) is 5.41 Å². The molecule has 0 radical (unpaired) electrons. The van der Waals surface area contributed by atoms with E-state index in [1.165, 1.54) is 366 Å². The molecule has 0 heterocycles. The molecule has 5 saturated carbocycles. The second-order valence-corrected chi connectivity index (χ2v) is 22.5. The monoisotopic (exact) mass is 901 g/mol. The third-order valence-electron chi connectivity index (χ3n) is 16.1. The molecule has 5 aliphatic carbocycles. The first kappa shape index (κ1) is 61.9. The van der Waals surface area contributed by atoms with Gasteiger partial charge in [0.15, 0.2) is 0 Å². The highest BCUT2D eigenvalue weighted by molar-refractivity contribution is 4.78. The summed E-state index contributed by atoms with van der Waals surface area (Å²) < 4.78 is 0. The number of hydrogen-bond acceptors (Lipinski definition) is 2. The second kappa shape index (κ2) is 53.9. The van der Waals surface area contributed by atoms with E-state index in [0.717, 1.165) is 12.8 Å². The summed E-state index contributed by atoms with van der Waals surface area (Å²) in [4.78, 5) is 0. The highest BCUT2D eigenvalue weighted by Gasteiger charge is 2.27. The Labute approximate surface area is 406 Å². The van der Waals surface area contributed by atoms with E-state index in [1.807, 2.05) is 0 Å². The molecule has 0 atom stereocenters. The highest BCUT2D eigenvalue weighted by atomic mass is 16.3. The molecule has 0 aliphatic heterocycles. The van der Waals surface area contributed by atoms with E-state index in [4.69, 9.17) is 0 Å². The van der Waals surface area contributed by atoms with Crippen molar-refractivity contribution in [2.75, 3.05) is 13.2 Å². The molecule has 0 aromatic rings. The normalized spacial score (nSPS) is 24.1. The molecule has 0 spiro atoms. The van der Waals surface area contributed by atoms with Crippen LogP contribution in [0, 0.1) is 5.41 Å². The van der Waals surface area contributed by atoms with Crippen molar-refractivity contribution in [3.05, 3.63) is 0 Å². The van der Waals surface area contributed by atoms with Gasteiger partial charge in [-0.05, 0) is 12.8 Å². The molecule has 0 aromatic carbocycles. The Bertz CT molecular complexity index is 538. The molecule has 0 amide bonds. The molecule has 2 nitrogen and oxygen atoms in total. The van der Waals surface area contributed by atoms with Crippen LogP contribution in [0.1, 0.15) is 379 Å². The van der Waals surface area contributed by atoms with E-state index in [-0.39, 0.29) is 18.6 Å². The largest absolute Gasteiger partial charge is 0.396 e. The molecule has 5 fully saturated rings. The van der Waals surface area contributed by atoms with Gasteiger partial charge in [0.05, 0.1) is 13.2 Å². The quantitative estimate of drug-likeness (QED) is 0.290. The second-order valence-electron chi connectivity index (χ2n) is 22.5. The maximum Gasteiger partial charge on any atom is 0.0509 e. The van der Waals surface area contributed by atoms with Crippen LogP contribution in [0.15, 0.2) is 0 Å². The van der Waals surface area contributed by atoms with Crippen LogP contribution in [-0.2, 0) is 0 Å². The van der Waals surface area contributed by atoms with Crippen LogP contribution < -0.4 is 0 Å². The van der Waals surface area contributed by atoms with Crippen molar-refractivity contribution >= 4 is 0 Å². The lowest BCUT2D eigenvalue weighted by Crippen LogP contribution is -2.30. The van der Waals surface area contributed by atoms with Crippen molar-refractivity contribution in [3.63, 3.8) is 0 Å². The minimum absolute atomic E-state index is 0.156. The van der Waals surface area contributed by atoms with Crippen LogP contribution in [0.2, 0.25) is 0 Å². The molecule has 384 valence electrons. The SMILES string of the molecule is C1CCCCCCCCCCC1.C1CCCCCCCCCCC1.C1CCCCCCCCCCC1.C1CCCCCCCCCCC1.OCC1(CO)CCCCCCCCCCC1. The summed E-state index contributed by atoms with van der Waals surface area (Å²) in [6.07, 6.45) is 85.6. The standard InChI is InChI=1S/C14H28O2.4C12H24/c15-12-14(13-16)10-8-6-4-2-1-3-5-7-9-11-14;4*1-2-4-6-8-10-12-11-9-7-5-3-1/h15-16H,1-13H2;4*1-12H2. The first-order chi connectivity index (χ1) is 31.8. The van der Waals surface area contributed by atoms with E-state index in [2.05, 4.69) is 0 Å². The van der Waals surface area contributed by atoms with E-state index < -0.39 is 0 Å². The smallest absolute Gasteiger partial charge is 0.0509 e. The fourth-order valence-electron chi connectivity index (χ4n) is 11.2. The maximum atomic E-state index is 9.49. The molecule has 5 rings (SSSR count). The Kier molecular flexibility index (Phi) is 52.1. The summed E-state index contributed by atoms with van der Waals surface area (Å²) in [6, 6.07) is 0. The fraction of sp³-hybridized carbons (Fsp3) is 1.00. The Morgan fingerprint density at radius 1 is 0.141 bits per heavy atom. The van der Waals surface area contributed by atoms with Crippen molar-refractivity contribution in [1.82, 2.24) is 0 Å². The van der Waals surface area contributed by atoms with Gasteiger partial charge in [-0.2, -0.15) is 0 Å². The van der Waals surface area contributed by atoms with Crippen LogP contribution in [0.5, 0.6) is 0 Å². The van der Waals surface area contributed by atoms with Gasteiger partial charge in [-0.1, -0.05) is 366 Å². The van der Waals surface area contributed by atoms with Gasteiger partial charge in [-0.25, -0.2) is 0 Å². The van der Waals surface area contributed by atoms with Crippen LogP contribution in [0.25, 0.3) is 0 Å². The number of aliphatic hydroxyl groups excluding tert-OH is 2. The summed E-state index contributed by atoms with van der Waals surface area (Å²) in [7, 11) is 0. The van der Waals surface area contributed by atoms with Crippen molar-refractivity contribution in [1.29, 1.82) is 0 Å². The zero-order chi connectivity index (χ0) is 45.6. The lowest BCUT2D eigenvalue weighted by atomic mass is 9.79. The minimum Gasteiger partial charge on any atom is -0.396 e. The Morgan fingerprint density at radius 3 is 0.297 bits per heavy atom. The van der Waals surface area contributed by atoms with Gasteiger partial charge in [0, 0.05) is 5.41 Å². The Balaban J connectivity index is 0.000000402. The van der Waals surface area contributed by atoms with Gasteiger partial charge >= 0.3 is 0 Å². The zero-order valence-electron chi connectivity index (χ0n) is 44.5. The minimum atomic E-state index is -0.181. The fourth-order valence-corrected chi connectivity index (χ4v) is 11.2. The maximum absolute atomic E-state index is 9.49. The molecule has 2 heteroatoms. The molecule has 5 aliphatic rings. The van der Waals surface area contributed by atoms with Gasteiger partial charge in [0.1, 0.15) is 0 Å². The van der Waals surface area contributed by atoms with Crippen molar-refractivity contribution < 1.29 is 10.2 Å². The number of aliphatic hydroxyl groups is 2. The van der Waals surface area contributed by atoms with Crippen LogP contribution >= 0.6 is 0 Å². The third kappa shape index (κ3) is 47.0. The highest BCUT2D eigenvalue weighted by Crippen LogP contribution is 2.32. The summed E-state index contributed by atoms with van der Waals surface area (Å²) in [5.41, 5.74) is -0.181. The summed E-state index contributed by atoms with van der Waals surface area (Å²) in [6.45, 7) is 0.312. The van der Waals surface area contributed by atoms with Crippen molar-refractivity contribution in [2.45, 2.75) is 379 Å². The Morgan fingerprint density at radius 2 is 0.219 bits per heavy atom. The van der Waals surface area contributed by atoms with E-state index in [9.17, 15) is 10.2 Å². The third-order valence-corrected chi connectivity index (χ3v) is 16.1. The molecule has 0 saturated heterocycles. The molecule has 0 aromatic heterocycles. The molecule has 0 bridgehead atoms. The van der Waals surface area contributed by atoms with Crippen LogP contribution in [0.4, 0.5) is 0 Å². The van der Waals surface area contributed by atoms with Gasteiger partial charge in [0.2, 0.25) is 0 Å². The summed E-state index contributed by atoms with van der Waals surface area (Å²) in [5.74, 6) is 0. The lowest BCUT2D eigenvalue weighted by molar-refractivity contribution is 0.0351. The molecule has 0 unspecified atom stereocenters. The predicted molar refractivity (Wildman–Crippen MR) is 289 cm³/mol. The zero-order valence-corrected chi connectivity index (χ0v) is 44.5. The van der Waals surface area contributed by atoms with Crippen LogP contribution in [0.3, 0.4) is 0 Å². The van der Waals surface area contributed by atoms with E-state index >= 15 is 0 Å². The molecule has 2 N–H and O–H groups in total. The summed E-state index contributed by atoms with van der Waals surface area (Å²) >= 11 is 0. The number of hydrogen-bond donors (Lipinski definition) is 2. The summed E-state index contributed by atoms with van der Waals surface area (Å²) in [5, 5.41) is 19.0. The molecule has 64 heavy (non-hydrogen) atoms. The topological polar surface area (TPSA) is 40.5 Å². The van der Waals surface area contributed by atoms with E-state index in [0.29, 0.717) is 0 Å². The Hall–Kier alpha value is -0.0800. The average Bonchev–Trinajstić information content (AvgIpc) is 3.29. The average molecular weight is 902 g/mol. The van der Waals surface area contributed by atoms with E-state index in [1.54, 1.807) is 0 Å². The van der Waals surface area contributed by atoms with Gasteiger partial charge in [-0.15, -0.1) is 0 Å².